The number of nitrogens with two attached hydrogens (primary N) is 1. The highest BCUT2D eigenvalue weighted by atomic mass is 19.1. The minimum absolute atomic E-state index is 0.0929. The highest BCUT2D eigenvalue weighted by molar-refractivity contribution is 5.78. The molecule has 0 aliphatic carbocycles. The predicted octanol–water partition coefficient (Wildman–Crippen LogP) is 4.42. The first kappa shape index (κ1) is 21.6. The summed E-state index contributed by atoms with van der Waals surface area (Å²) in [6.07, 6.45) is 3.80. The van der Waals surface area contributed by atoms with Gasteiger partial charge in [-0.3, -0.25) is 4.79 Å². The molecule has 0 heterocycles. The Hall–Kier alpha value is -2.66. The lowest BCUT2D eigenvalue weighted by Crippen LogP contribution is -2.28. The molecule has 0 fully saturated rings. The Morgan fingerprint density at radius 2 is 1.79 bits per heavy atom. The molecule has 28 heavy (non-hydrogen) atoms. The second-order valence-electron chi connectivity index (χ2n) is 6.74. The fourth-order valence-corrected chi connectivity index (χ4v) is 3.19. The van der Waals surface area contributed by atoms with Crippen LogP contribution in [0.15, 0.2) is 55.1 Å². The topological polar surface area (TPSA) is 61.6 Å². The van der Waals surface area contributed by atoms with Gasteiger partial charge in [-0.2, -0.15) is 0 Å². The van der Waals surface area contributed by atoms with Gasteiger partial charge in [0.05, 0.1) is 14.2 Å². The van der Waals surface area contributed by atoms with Crippen LogP contribution in [0.1, 0.15) is 36.3 Å². The van der Waals surface area contributed by atoms with E-state index >= 15 is 0 Å². The minimum Gasteiger partial charge on any atom is -0.493 e. The van der Waals surface area contributed by atoms with E-state index in [2.05, 4.69) is 6.58 Å². The molecule has 2 aromatic rings. The zero-order chi connectivity index (χ0) is 20.5. The summed E-state index contributed by atoms with van der Waals surface area (Å²) in [4.78, 5) is 12.2. The Morgan fingerprint density at radius 1 is 1.11 bits per heavy atom. The highest BCUT2D eigenvalue weighted by Crippen LogP contribution is 2.32. The van der Waals surface area contributed by atoms with Gasteiger partial charge in [-0.1, -0.05) is 24.3 Å². The number of Topliss-reactive ketones (excluding diaryl/α,β-unsaturated/α-hetero) is 1. The summed E-state index contributed by atoms with van der Waals surface area (Å²) in [5, 5.41) is 0. The van der Waals surface area contributed by atoms with Crippen LogP contribution < -0.4 is 15.2 Å². The van der Waals surface area contributed by atoms with Crippen molar-refractivity contribution in [2.75, 3.05) is 14.2 Å². The Labute approximate surface area is 166 Å². The lowest BCUT2D eigenvalue weighted by molar-refractivity contribution is -0.119. The molecule has 0 spiro atoms. The van der Waals surface area contributed by atoms with Crippen LogP contribution in [0.3, 0.4) is 0 Å². The monoisotopic (exact) mass is 385 g/mol. The molecule has 0 amide bonds. The molecule has 0 saturated heterocycles. The van der Waals surface area contributed by atoms with E-state index in [4.69, 9.17) is 15.2 Å². The standard InChI is InChI=1S/C23H28FNO3/c1-4-20(17-8-14-22(27-2)23(15-17)28-3)21(25)13-12-19(26)11-7-16-5-9-18(24)10-6-16/h4-6,8-10,14-15,20-21H,1,7,11-13,25H2,2-3H3. The predicted molar refractivity (Wildman–Crippen MR) is 109 cm³/mol. The molecule has 2 atom stereocenters. The van der Waals surface area contributed by atoms with Crippen molar-refractivity contribution in [3.63, 3.8) is 0 Å². The van der Waals surface area contributed by atoms with Crippen LogP contribution in [0, 0.1) is 5.82 Å². The molecule has 0 aliphatic rings. The lowest BCUT2D eigenvalue weighted by Gasteiger charge is -2.22. The second-order valence-corrected chi connectivity index (χ2v) is 6.74. The number of halogens is 1. The molecule has 0 aliphatic heterocycles. The van der Waals surface area contributed by atoms with Gasteiger partial charge < -0.3 is 15.2 Å². The van der Waals surface area contributed by atoms with Crippen LogP contribution in [0.4, 0.5) is 4.39 Å². The van der Waals surface area contributed by atoms with Crippen molar-refractivity contribution in [1.29, 1.82) is 0 Å². The van der Waals surface area contributed by atoms with Crippen molar-refractivity contribution in [3.05, 3.63) is 72.1 Å². The molecule has 0 saturated carbocycles. The van der Waals surface area contributed by atoms with Crippen LogP contribution >= 0.6 is 0 Å². The molecule has 0 radical (unpaired) electrons. The molecule has 0 bridgehead atoms. The molecular formula is C23H28FNO3. The third-order valence-electron chi connectivity index (χ3n) is 4.87. The van der Waals surface area contributed by atoms with E-state index in [1.807, 2.05) is 18.2 Å². The molecule has 0 aromatic heterocycles. The fourth-order valence-electron chi connectivity index (χ4n) is 3.19. The van der Waals surface area contributed by atoms with E-state index in [1.54, 1.807) is 32.4 Å². The highest BCUT2D eigenvalue weighted by Gasteiger charge is 2.19. The van der Waals surface area contributed by atoms with Gasteiger partial charge in [0.15, 0.2) is 11.5 Å². The zero-order valence-corrected chi connectivity index (χ0v) is 16.5. The summed E-state index contributed by atoms with van der Waals surface area (Å²) < 4.78 is 23.6. The molecule has 4 nitrogen and oxygen atoms in total. The second kappa shape index (κ2) is 10.6. The summed E-state index contributed by atoms with van der Waals surface area (Å²) in [5.74, 6) is 1.07. The van der Waals surface area contributed by atoms with E-state index in [-0.39, 0.29) is 23.6 Å². The van der Waals surface area contributed by atoms with Gasteiger partial charge in [0.2, 0.25) is 0 Å². The number of ether oxygens (including phenoxy) is 2. The van der Waals surface area contributed by atoms with Gasteiger partial charge in [0, 0.05) is 24.8 Å². The van der Waals surface area contributed by atoms with Crippen LogP contribution in [0.25, 0.3) is 0 Å². The maximum Gasteiger partial charge on any atom is 0.161 e. The van der Waals surface area contributed by atoms with Gasteiger partial charge in [0.25, 0.3) is 0 Å². The van der Waals surface area contributed by atoms with E-state index in [0.29, 0.717) is 37.2 Å². The number of rotatable bonds is 11. The summed E-state index contributed by atoms with van der Waals surface area (Å²) >= 11 is 0. The average molecular weight is 385 g/mol. The molecular weight excluding hydrogens is 357 g/mol. The first-order valence-corrected chi connectivity index (χ1v) is 9.34. The average Bonchev–Trinajstić information content (AvgIpc) is 2.72. The van der Waals surface area contributed by atoms with Gasteiger partial charge in [-0.25, -0.2) is 4.39 Å². The largest absolute Gasteiger partial charge is 0.493 e. The Kier molecular flexibility index (Phi) is 8.20. The molecule has 2 unspecified atom stereocenters. The van der Waals surface area contributed by atoms with E-state index in [0.717, 1.165) is 11.1 Å². The lowest BCUT2D eigenvalue weighted by atomic mass is 9.88. The van der Waals surface area contributed by atoms with E-state index < -0.39 is 0 Å². The van der Waals surface area contributed by atoms with E-state index in [9.17, 15) is 9.18 Å². The number of carbonyl (C=O) groups is 1. The first-order valence-electron chi connectivity index (χ1n) is 9.34. The third kappa shape index (κ3) is 5.92. The number of hydrogen-bond acceptors (Lipinski definition) is 4. The normalized spacial score (nSPS) is 12.9. The van der Waals surface area contributed by atoms with Crippen molar-refractivity contribution >= 4 is 5.78 Å². The summed E-state index contributed by atoms with van der Waals surface area (Å²) in [7, 11) is 3.18. The number of carbonyl (C=O) groups excluding carboxylic acids is 1. The number of aryl methyl sites for hydroxylation is 1. The maximum absolute atomic E-state index is 12.9. The quantitative estimate of drug-likeness (QED) is 0.582. The fraction of sp³-hybridized carbons (Fsp3) is 0.348. The third-order valence-corrected chi connectivity index (χ3v) is 4.87. The number of hydrogen-bond donors (Lipinski definition) is 1. The Morgan fingerprint density at radius 3 is 2.39 bits per heavy atom. The first-order chi connectivity index (χ1) is 13.5. The van der Waals surface area contributed by atoms with Gasteiger partial charge in [0.1, 0.15) is 11.6 Å². The van der Waals surface area contributed by atoms with Crippen molar-refractivity contribution in [1.82, 2.24) is 0 Å². The smallest absolute Gasteiger partial charge is 0.161 e. The number of ketones is 1. The van der Waals surface area contributed by atoms with Gasteiger partial charge >= 0.3 is 0 Å². The molecule has 2 rings (SSSR count). The molecule has 2 N–H and O–H groups in total. The van der Waals surface area contributed by atoms with Crippen molar-refractivity contribution in [2.45, 2.75) is 37.6 Å². The Balaban J connectivity index is 1.90. The maximum atomic E-state index is 12.9. The zero-order valence-electron chi connectivity index (χ0n) is 16.5. The van der Waals surface area contributed by atoms with Crippen molar-refractivity contribution in [3.8, 4) is 11.5 Å². The van der Waals surface area contributed by atoms with Gasteiger partial charge in [-0.15, -0.1) is 6.58 Å². The van der Waals surface area contributed by atoms with E-state index in [1.165, 1.54) is 12.1 Å². The van der Waals surface area contributed by atoms with Crippen LogP contribution in [-0.4, -0.2) is 26.0 Å². The van der Waals surface area contributed by atoms with Crippen molar-refractivity contribution in [2.24, 2.45) is 5.73 Å². The van der Waals surface area contributed by atoms with Crippen molar-refractivity contribution < 1.29 is 18.7 Å². The summed E-state index contributed by atoms with van der Waals surface area (Å²) in [6, 6.07) is 11.7. The van der Waals surface area contributed by atoms with Crippen LogP contribution in [0.5, 0.6) is 11.5 Å². The summed E-state index contributed by atoms with van der Waals surface area (Å²) in [6.45, 7) is 3.90. The molecule has 150 valence electrons. The SMILES string of the molecule is C=CC(c1ccc(OC)c(OC)c1)C(N)CCC(=O)CCc1ccc(F)cc1. The Bertz CT molecular complexity index is 789. The van der Waals surface area contributed by atoms with Gasteiger partial charge in [-0.05, 0) is 48.2 Å². The van der Waals surface area contributed by atoms with Crippen LogP contribution in [-0.2, 0) is 11.2 Å². The molecule has 2 aromatic carbocycles. The number of benzene rings is 2. The molecule has 5 heteroatoms. The summed E-state index contributed by atoms with van der Waals surface area (Å²) in [5.41, 5.74) is 8.28. The number of methoxy groups -OCH3 is 2. The minimum atomic E-state index is -0.272. The van der Waals surface area contributed by atoms with Crippen LogP contribution in [0.2, 0.25) is 0 Å².